The topological polar surface area (TPSA) is 61.2 Å². The van der Waals surface area contributed by atoms with Crippen molar-refractivity contribution >= 4 is 0 Å². The SMILES string of the molecule is COc1ccc(CCn2cc(C3CCNCC3OCc3ccccc3)nn2)cc1. The van der Waals surface area contributed by atoms with Crippen molar-refractivity contribution in [2.24, 2.45) is 0 Å². The van der Waals surface area contributed by atoms with E-state index in [0.29, 0.717) is 6.61 Å². The highest BCUT2D eigenvalue weighted by atomic mass is 16.5. The Morgan fingerprint density at radius 1 is 1.07 bits per heavy atom. The zero-order chi connectivity index (χ0) is 19.9. The van der Waals surface area contributed by atoms with Gasteiger partial charge in [-0.15, -0.1) is 5.10 Å². The number of hydrogen-bond acceptors (Lipinski definition) is 5. The maximum atomic E-state index is 6.25. The van der Waals surface area contributed by atoms with Crippen molar-refractivity contribution in [2.45, 2.75) is 38.0 Å². The fourth-order valence-electron chi connectivity index (χ4n) is 3.75. The lowest BCUT2D eigenvalue weighted by molar-refractivity contribution is 0.00965. The molecule has 0 bridgehead atoms. The Morgan fingerprint density at radius 3 is 2.69 bits per heavy atom. The molecule has 0 amide bonds. The van der Waals surface area contributed by atoms with Crippen LogP contribution in [0.3, 0.4) is 0 Å². The van der Waals surface area contributed by atoms with Gasteiger partial charge in [0.2, 0.25) is 0 Å². The Kier molecular flexibility index (Phi) is 6.54. The summed E-state index contributed by atoms with van der Waals surface area (Å²) in [5, 5.41) is 12.3. The Bertz CT molecular complexity index is 879. The third-order valence-electron chi connectivity index (χ3n) is 5.46. The van der Waals surface area contributed by atoms with Gasteiger partial charge in [0.15, 0.2) is 0 Å². The van der Waals surface area contributed by atoms with E-state index in [4.69, 9.17) is 9.47 Å². The molecule has 6 heteroatoms. The predicted octanol–water partition coefficient (Wildman–Crippen LogP) is 3.19. The van der Waals surface area contributed by atoms with Gasteiger partial charge in [-0.05, 0) is 42.6 Å². The van der Waals surface area contributed by atoms with Gasteiger partial charge in [0.25, 0.3) is 0 Å². The highest BCUT2D eigenvalue weighted by Crippen LogP contribution is 2.27. The molecule has 0 saturated carbocycles. The first kappa shape index (κ1) is 19.6. The number of nitrogens with one attached hydrogen (secondary N) is 1. The van der Waals surface area contributed by atoms with Crippen LogP contribution in [0.15, 0.2) is 60.8 Å². The number of methoxy groups -OCH3 is 1. The molecule has 0 radical (unpaired) electrons. The van der Waals surface area contributed by atoms with E-state index in [0.717, 1.165) is 43.9 Å². The number of hydrogen-bond donors (Lipinski definition) is 1. The molecule has 29 heavy (non-hydrogen) atoms. The summed E-state index contributed by atoms with van der Waals surface area (Å²) in [7, 11) is 1.68. The van der Waals surface area contributed by atoms with E-state index in [1.165, 1.54) is 11.1 Å². The summed E-state index contributed by atoms with van der Waals surface area (Å²) in [6, 6.07) is 18.5. The fraction of sp³-hybridized carbons (Fsp3) is 0.391. The van der Waals surface area contributed by atoms with Crippen LogP contribution in [0, 0.1) is 0 Å². The molecule has 6 nitrogen and oxygen atoms in total. The van der Waals surface area contributed by atoms with Gasteiger partial charge in [0.05, 0.1) is 25.5 Å². The minimum Gasteiger partial charge on any atom is -0.497 e. The van der Waals surface area contributed by atoms with Crippen LogP contribution in [0.2, 0.25) is 0 Å². The summed E-state index contributed by atoms with van der Waals surface area (Å²) < 4.78 is 13.4. The lowest BCUT2D eigenvalue weighted by Gasteiger charge is -2.30. The van der Waals surface area contributed by atoms with Crippen molar-refractivity contribution in [3.05, 3.63) is 77.6 Å². The van der Waals surface area contributed by atoms with Crippen LogP contribution >= 0.6 is 0 Å². The Labute approximate surface area is 171 Å². The summed E-state index contributed by atoms with van der Waals surface area (Å²) in [5.74, 6) is 1.15. The molecule has 2 heterocycles. The van der Waals surface area contributed by atoms with Gasteiger partial charge in [0.1, 0.15) is 5.75 Å². The second kappa shape index (κ2) is 9.67. The number of piperidine rings is 1. The molecule has 1 N–H and O–H groups in total. The average Bonchev–Trinajstić information content (AvgIpc) is 3.26. The normalized spacial score (nSPS) is 19.2. The van der Waals surface area contributed by atoms with Crippen molar-refractivity contribution in [1.29, 1.82) is 0 Å². The van der Waals surface area contributed by atoms with Crippen molar-refractivity contribution in [3.8, 4) is 5.75 Å². The Balaban J connectivity index is 1.35. The molecule has 1 aliphatic rings. The summed E-state index contributed by atoms with van der Waals surface area (Å²) in [6.07, 6.45) is 4.11. The molecule has 1 aromatic heterocycles. The molecule has 3 aromatic rings. The average molecular weight is 393 g/mol. The molecule has 1 aliphatic heterocycles. The zero-order valence-corrected chi connectivity index (χ0v) is 16.8. The fourth-order valence-corrected chi connectivity index (χ4v) is 3.75. The van der Waals surface area contributed by atoms with E-state index in [-0.39, 0.29) is 12.0 Å². The second-order valence-corrected chi connectivity index (χ2v) is 7.44. The van der Waals surface area contributed by atoms with Crippen molar-refractivity contribution in [1.82, 2.24) is 20.3 Å². The van der Waals surface area contributed by atoms with Crippen molar-refractivity contribution in [2.75, 3.05) is 20.2 Å². The number of nitrogens with zero attached hydrogens (tertiary/aromatic N) is 3. The van der Waals surface area contributed by atoms with E-state index in [1.54, 1.807) is 7.11 Å². The van der Waals surface area contributed by atoms with E-state index in [9.17, 15) is 0 Å². The highest BCUT2D eigenvalue weighted by Gasteiger charge is 2.29. The monoisotopic (exact) mass is 392 g/mol. The molecule has 1 saturated heterocycles. The largest absolute Gasteiger partial charge is 0.497 e. The number of aromatic nitrogens is 3. The summed E-state index contributed by atoms with van der Waals surface area (Å²) in [6.45, 7) is 3.25. The van der Waals surface area contributed by atoms with E-state index in [2.05, 4.69) is 46.1 Å². The minimum absolute atomic E-state index is 0.107. The van der Waals surface area contributed by atoms with Gasteiger partial charge in [0, 0.05) is 25.2 Å². The van der Waals surface area contributed by atoms with Crippen LogP contribution < -0.4 is 10.1 Å². The highest BCUT2D eigenvalue weighted by molar-refractivity contribution is 5.27. The molecule has 0 spiro atoms. The summed E-state index contributed by atoms with van der Waals surface area (Å²) in [5.41, 5.74) is 3.48. The van der Waals surface area contributed by atoms with Gasteiger partial charge in [-0.2, -0.15) is 0 Å². The standard InChI is InChI=1S/C23H28N4O2/c1-28-20-9-7-18(8-10-20)12-14-27-16-22(25-26-27)21-11-13-24-15-23(21)29-17-19-5-3-2-4-6-19/h2-10,16,21,23-24H,11-15,17H2,1H3. The van der Waals surface area contributed by atoms with Crippen LogP contribution in [0.5, 0.6) is 5.75 Å². The molecule has 2 aromatic carbocycles. The van der Waals surface area contributed by atoms with Crippen LogP contribution in [0.1, 0.15) is 29.2 Å². The molecule has 0 aliphatic carbocycles. The predicted molar refractivity (Wildman–Crippen MR) is 112 cm³/mol. The minimum atomic E-state index is 0.107. The number of benzene rings is 2. The van der Waals surface area contributed by atoms with Gasteiger partial charge >= 0.3 is 0 Å². The lowest BCUT2D eigenvalue weighted by Crippen LogP contribution is -2.41. The summed E-state index contributed by atoms with van der Waals surface area (Å²) >= 11 is 0. The van der Waals surface area contributed by atoms with Crippen molar-refractivity contribution < 1.29 is 9.47 Å². The van der Waals surface area contributed by atoms with E-state index >= 15 is 0 Å². The quantitative estimate of drug-likeness (QED) is 0.638. The first-order valence-electron chi connectivity index (χ1n) is 10.2. The van der Waals surface area contributed by atoms with Crippen molar-refractivity contribution in [3.63, 3.8) is 0 Å². The number of rotatable bonds is 8. The first-order valence-corrected chi connectivity index (χ1v) is 10.2. The first-order chi connectivity index (χ1) is 14.3. The van der Waals surface area contributed by atoms with Gasteiger partial charge in [-0.3, -0.25) is 4.68 Å². The smallest absolute Gasteiger partial charge is 0.118 e. The molecule has 1 fully saturated rings. The molecular weight excluding hydrogens is 364 g/mol. The van der Waals surface area contributed by atoms with Gasteiger partial charge in [-0.1, -0.05) is 47.7 Å². The summed E-state index contributed by atoms with van der Waals surface area (Å²) in [4.78, 5) is 0. The third-order valence-corrected chi connectivity index (χ3v) is 5.46. The van der Waals surface area contributed by atoms with Crippen LogP contribution in [0.4, 0.5) is 0 Å². The molecular formula is C23H28N4O2. The van der Waals surface area contributed by atoms with Gasteiger partial charge < -0.3 is 14.8 Å². The van der Waals surface area contributed by atoms with E-state index < -0.39 is 0 Å². The maximum Gasteiger partial charge on any atom is 0.118 e. The van der Waals surface area contributed by atoms with Crippen LogP contribution in [-0.2, 0) is 24.3 Å². The molecule has 2 unspecified atom stereocenters. The Morgan fingerprint density at radius 2 is 1.90 bits per heavy atom. The maximum absolute atomic E-state index is 6.25. The third kappa shape index (κ3) is 5.22. The molecule has 152 valence electrons. The molecule has 4 rings (SSSR count). The molecule has 2 atom stereocenters. The Hall–Kier alpha value is -2.70. The second-order valence-electron chi connectivity index (χ2n) is 7.44. The van der Waals surface area contributed by atoms with Crippen LogP contribution in [0.25, 0.3) is 0 Å². The van der Waals surface area contributed by atoms with E-state index in [1.807, 2.05) is 35.0 Å². The number of ether oxygens (including phenoxy) is 2. The number of aryl methyl sites for hydroxylation is 2. The zero-order valence-electron chi connectivity index (χ0n) is 16.8. The van der Waals surface area contributed by atoms with Gasteiger partial charge in [-0.25, -0.2) is 0 Å². The lowest BCUT2D eigenvalue weighted by atomic mass is 9.92. The van der Waals surface area contributed by atoms with Crippen LogP contribution in [-0.4, -0.2) is 41.3 Å².